The van der Waals surface area contributed by atoms with Crippen molar-refractivity contribution in [1.29, 1.82) is 0 Å². The molecule has 0 aliphatic heterocycles. The largest absolute Gasteiger partial charge is 0.504 e. The molecule has 18 heavy (non-hydrogen) atoms. The fraction of sp³-hybridized carbons (Fsp3) is 0.333. The zero-order valence-corrected chi connectivity index (χ0v) is 9.96. The quantitative estimate of drug-likeness (QED) is 0.623. The lowest BCUT2D eigenvalue weighted by atomic mass is 10.2. The monoisotopic (exact) mass is 250 g/mol. The van der Waals surface area contributed by atoms with Gasteiger partial charge in [0.15, 0.2) is 17.3 Å². The van der Waals surface area contributed by atoms with E-state index in [1.165, 1.54) is 6.07 Å². The van der Waals surface area contributed by atoms with Crippen LogP contribution >= 0.6 is 0 Å². The van der Waals surface area contributed by atoms with E-state index in [1.807, 2.05) is 6.92 Å². The van der Waals surface area contributed by atoms with Crippen LogP contribution in [0.15, 0.2) is 22.7 Å². The predicted octanol–water partition coefficient (Wildman–Crippen LogP) is 2.07. The summed E-state index contributed by atoms with van der Waals surface area (Å²) in [6.45, 7) is 2.89. The van der Waals surface area contributed by atoms with Gasteiger partial charge in [-0.2, -0.15) is 4.98 Å². The molecule has 1 aromatic heterocycles. The summed E-state index contributed by atoms with van der Waals surface area (Å²) in [5.41, 5.74) is 0.296. The summed E-state index contributed by atoms with van der Waals surface area (Å²) in [6, 6.07) is 4.54. The first-order chi connectivity index (χ1) is 8.72. The molecule has 0 atom stereocenters. The first-order valence-corrected chi connectivity index (χ1v) is 5.64. The molecule has 0 amide bonds. The second kappa shape index (κ2) is 5.50. The summed E-state index contributed by atoms with van der Waals surface area (Å²) in [4.78, 5) is 4.08. The standard InChI is InChI=1S/C12H14N2O4/c1-2-6-17-7-10-13-12(18-14-10)8-4-3-5-9(15)11(8)16/h3-5,15-16H,2,6-7H2,1H3. The van der Waals surface area contributed by atoms with E-state index in [-0.39, 0.29) is 24.0 Å². The highest BCUT2D eigenvalue weighted by Crippen LogP contribution is 2.34. The summed E-state index contributed by atoms with van der Waals surface area (Å²) in [6.07, 6.45) is 0.915. The number of benzene rings is 1. The van der Waals surface area contributed by atoms with E-state index in [0.717, 1.165) is 6.42 Å². The van der Waals surface area contributed by atoms with Gasteiger partial charge < -0.3 is 19.5 Å². The first kappa shape index (κ1) is 12.4. The third kappa shape index (κ3) is 2.60. The van der Waals surface area contributed by atoms with E-state index in [1.54, 1.807) is 12.1 Å². The summed E-state index contributed by atoms with van der Waals surface area (Å²) in [5, 5.41) is 22.8. The number of rotatable bonds is 5. The molecule has 0 fully saturated rings. The maximum absolute atomic E-state index is 9.67. The molecule has 1 aromatic carbocycles. The third-order valence-corrected chi connectivity index (χ3v) is 2.29. The Bertz CT molecular complexity index is 525. The van der Waals surface area contributed by atoms with Gasteiger partial charge in [-0.3, -0.25) is 0 Å². The summed E-state index contributed by atoms with van der Waals surface area (Å²) in [5.74, 6) is 0.0522. The Morgan fingerprint density at radius 3 is 2.94 bits per heavy atom. The van der Waals surface area contributed by atoms with Crippen molar-refractivity contribution in [2.24, 2.45) is 0 Å². The van der Waals surface area contributed by atoms with E-state index in [9.17, 15) is 10.2 Å². The molecule has 0 aliphatic carbocycles. The maximum atomic E-state index is 9.67. The van der Waals surface area contributed by atoms with Crippen molar-refractivity contribution in [3.63, 3.8) is 0 Å². The molecule has 6 nitrogen and oxygen atoms in total. The van der Waals surface area contributed by atoms with Gasteiger partial charge in [0.1, 0.15) is 6.61 Å². The molecule has 0 radical (unpaired) electrons. The van der Waals surface area contributed by atoms with E-state index < -0.39 is 0 Å². The summed E-state index contributed by atoms with van der Waals surface area (Å²) < 4.78 is 10.3. The van der Waals surface area contributed by atoms with Crippen molar-refractivity contribution in [3.8, 4) is 23.0 Å². The van der Waals surface area contributed by atoms with Crippen molar-refractivity contribution in [2.45, 2.75) is 20.0 Å². The van der Waals surface area contributed by atoms with Gasteiger partial charge in [0.05, 0.1) is 5.56 Å². The highest BCUT2D eigenvalue weighted by Gasteiger charge is 2.14. The lowest BCUT2D eigenvalue weighted by Crippen LogP contribution is -1.95. The van der Waals surface area contributed by atoms with Crippen LogP contribution in [0.3, 0.4) is 0 Å². The Morgan fingerprint density at radius 1 is 1.33 bits per heavy atom. The van der Waals surface area contributed by atoms with Crippen molar-refractivity contribution >= 4 is 0 Å². The second-order valence-corrected chi connectivity index (χ2v) is 3.74. The van der Waals surface area contributed by atoms with Crippen molar-refractivity contribution in [3.05, 3.63) is 24.0 Å². The van der Waals surface area contributed by atoms with Crippen LogP contribution in [0.1, 0.15) is 19.2 Å². The molecule has 2 aromatic rings. The number of aromatic hydroxyl groups is 2. The molecule has 0 saturated carbocycles. The Kier molecular flexibility index (Phi) is 3.78. The minimum atomic E-state index is -0.276. The van der Waals surface area contributed by atoms with Gasteiger partial charge in [-0.15, -0.1) is 0 Å². The SMILES string of the molecule is CCCOCc1noc(-c2cccc(O)c2O)n1. The minimum absolute atomic E-state index is 0.151. The molecule has 0 bridgehead atoms. The van der Waals surface area contributed by atoms with Gasteiger partial charge >= 0.3 is 0 Å². The topological polar surface area (TPSA) is 88.6 Å². The van der Waals surface area contributed by atoms with E-state index >= 15 is 0 Å². The van der Waals surface area contributed by atoms with Gasteiger partial charge in [-0.25, -0.2) is 0 Å². The van der Waals surface area contributed by atoms with Crippen LogP contribution in [0.4, 0.5) is 0 Å². The average molecular weight is 250 g/mol. The van der Waals surface area contributed by atoms with Gasteiger partial charge in [-0.1, -0.05) is 18.1 Å². The second-order valence-electron chi connectivity index (χ2n) is 3.74. The summed E-state index contributed by atoms with van der Waals surface area (Å²) in [7, 11) is 0. The number of aromatic nitrogens is 2. The molecule has 6 heteroatoms. The molecular weight excluding hydrogens is 236 g/mol. The molecule has 0 unspecified atom stereocenters. The van der Waals surface area contributed by atoms with E-state index in [4.69, 9.17) is 9.26 Å². The van der Waals surface area contributed by atoms with E-state index in [2.05, 4.69) is 10.1 Å². The van der Waals surface area contributed by atoms with Crippen LogP contribution in [-0.2, 0) is 11.3 Å². The van der Waals surface area contributed by atoms with E-state index in [0.29, 0.717) is 18.0 Å². The molecular formula is C12H14N2O4. The number of para-hydroxylation sites is 1. The van der Waals surface area contributed by atoms with Crippen LogP contribution in [0.2, 0.25) is 0 Å². The Morgan fingerprint density at radius 2 is 2.17 bits per heavy atom. The van der Waals surface area contributed by atoms with Gasteiger partial charge in [0.25, 0.3) is 5.89 Å². The molecule has 0 aliphatic rings. The Hall–Kier alpha value is -2.08. The fourth-order valence-corrected chi connectivity index (χ4v) is 1.43. The zero-order valence-electron chi connectivity index (χ0n) is 9.96. The number of hydrogen-bond acceptors (Lipinski definition) is 6. The number of phenolic OH excluding ortho intramolecular Hbond substituents is 2. The lowest BCUT2D eigenvalue weighted by molar-refractivity contribution is 0.114. The number of phenols is 2. The normalized spacial score (nSPS) is 10.7. The smallest absolute Gasteiger partial charge is 0.261 e. The Balaban J connectivity index is 2.16. The third-order valence-electron chi connectivity index (χ3n) is 2.29. The summed E-state index contributed by atoms with van der Waals surface area (Å²) >= 11 is 0. The van der Waals surface area contributed by atoms with Crippen LogP contribution < -0.4 is 0 Å². The molecule has 1 heterocycles. The maximum Gasteiger partial charge on any atom is 0.261 e. The highest BCUT2D eigenvalue weighted by molar-refractivity contribution is 5.66. The molecule has 2 N–H and O–H groups in total. The van der Waals surface area contributed by atoms with Crippen molar-refractivity contribution in [1.82, 2.24) is 10.1 Å². The van der Waals surface area contributed by atoms with Gasteiger partial charge in [0.2, 0.25) is 0 Å². The lowest BCUT2D eigenvalue weighted by Gasteiger charge is -2.00. The van der Waals surface area contributed by atoms with Crippen LogP contribution in [0, 0.1) is 0 Å². The van der Waals surface area contributed by atoms with Crippen molar-refractivity contribution in [2.75, 3.05) is 6.61 Å². The average Bonchev–Trinajstić information content (AvgIpc) is 2.82. The fourth-order valence-electron chi connectivity index (χ4n) is 1.43. The van der Waals surface area contributed by atoms with Gasteiger partial charge in [0, 0.05) is 6.61 Å². The van der Waals surface area contributed by atoms with Crippen molar-refractivity contribution < 1.29 is 19.5 Å². The van der Waals surface area contributed by atoms with Crippen LogP contribution in [-0.4, -0.2) is 27.0 Å². The van der Waals surface area contributed by atoms with Gasteiger partial charge in [-0.05, 0) is 18.6 Å². The van der Waals surface area contributed by atoms with Crippen LogP contribution in [0.5, 0.6) is 11.5 Å². The minimum Gasteiger partial charge on any atom is -0.504 e. The zero-order chi connectivity index (χ0) is 13.0. The predicted molar refractivity (Wildman–Crippen MR) is 63.0 cm³/mol. The Labute approximate surface area is 104 Å². The number of ether oxygens (including phenoxy) is 1. The van der Waals surface area contributed by atoms with Crippen LogP contribution in [0.25, 0.3) is 11.5 Å². The molecule has 0 spiro atoms. The first-order valence-electron chi connectivity index (χ1n) is 5.64. The molecule has 0 saturated heterocycles. The molecule has 2 rings (SSSR count). The number of hydrogen-bond donors (Lipinski definition) is 2. The molecule has 96 valence electrons. The highest BCUT2D eigenvalue weighted by atomic mass is 16.5. The number of nitrogens with zero attached hydrogens (tertiary/aromatic N) is 2.